The molecule has 2 fully saturated rings. The van der Waals surface area contributed by atoms with Crippen LogP contribution in [0.1, 0.15) is 58.4 Å². The second kappa shape index (κ2) is 12.9. The number of nitrogens with zero attached hydrogens (tertiary/aromatic N) is 3. The van der Waals surface area contributed by atoms with Crippen LogP contribution in [0, 0.1) is 17.3 Å². The molecule has 2 N–H and O–H groups in total. The molecule has 0 radical (unpaired) electrons. The molecule has 8 nitrogen and oxygen atoms in total. The highest BCUT2D eigenvalue weighted by molar-refractivity contribution is 5.89. The van der Waals surface area contributed by atoms with Crippen LogP contribution in [0.5, 0.6) is 0 Å². The summed E-state index contributed by atoms with van der Waals surface area (Å²) in [4.78, 5) is 42.5. The number of hydrogen-bond acceptors (Lipinski definition) is 5. The number of hydrogen-bond donors (Lipinski definition) is 2. The van der Waals surface area contributed by atoms with E-state index >= 15 is 0 Å². The highest BCUT2D eigenvalue weighted by atomic mass is 16.5. The number of carbonyl (C=O) groups excluding carboxylic acids is 3. The monoisotopic (exact) mass is 536 g/mol. The van der Waals surface area contributed by atoms with Gasteiger partial charge in [0.1, 0.15) is 6.04 Å². The lowest BCUT2D eigenvalue weighted by Gasteiger charge is -2.40. The van der Waals surface area contributed by atoms with Crippen molar-refractivity contribution in [2.24, 2.45) is 17.3 Å². The second-order valence-electron chi connectivity index (χ2n) is 12.4. The summed E-state index contributed by atoms with van der Waals surface area (Å²) in [6, 6.07) is 14.2. The molecule has 2 aliphatic rings. The molecule has 2 aromatic rings. The zero-order valence-corrected chi connectivity index (χ0v) is 23.6. The number of amides is 3. The van der Waals surface area contributed by atoms with Gasteiger partial charge in [0.15, 0.2) is 0 Å². The van der Waals surface area contributed by atoms with Gasteiger partial charge in [-0.3, -0.25) is 24.5 Å². The van der Waals surface area contributed by atoms with Gasteiger partial charge in [0.05, 0.1) is 12.5 Å². The summed E-state index contributed by atoms with van der Waals surface area (Å²) >= 11 is 0. The Morgan fingerprint density at radius 2 is 1.72 bits per heavy atom. The van der Waals surface area contributed by atoms with Gasteiger partial charge < -0.3 is 10.2 Å². The average molecular weight is 537 g/mol. The van der Waals surface area contributed by atoms with Crippen molar-refractivity contribution in [1.82, 2.24) is 20.2 Å². The summed E-state index contributed by atoms with van der Waals surface area (Å²) < 4.78 is 0. The summed E-state index contributed by atoms with van der Waals surface area (Å²) in [5.74, 6) is -0.497. The SMILES string of the molecule is CC(C)(C)[C@H](NC(=O)[C@H](CC1CCCC1)CN(O)C=O)C(=O)N1CCN(Cc2ccc3ccccc3c2)CC1. The smallest absolute Gasteiger partial charge is 0.245 e. The van der Waals surface area contributed by atoms with Crippen LogP contribution in [0.15, 0.2) is 42.5 Å². The third-order valence-electron chi connectivity index (χ3n) is 8.30. The summed E-state index contributed by atoms with van der Waals surface area (Å²) in [7, 11) is 0. The first-order valence-corrected chi connectivity index (χ1v) is 14.3. The predicted octanol–water partition coefficient (Wildman–Crippen LogP) is 4.06. The van der Waals surface area contributed by atoms with E-state index in [1.165, 1.54) is 16.3 Å². The van der Waals surface area contributed by atoms with Crippen LogP contribution in [0.2, 0.25) is 0 Å². The van der Waals surface area contributed by atoms with E-state index in [1.807, 2.05) is 31.7 Å². The van der Waals surface area contributed by atoms with E-state index in [2.05, 4.69) is 46.6 Å². The van der Waals surface area contributed by atoms with Gasteiger partial charge in [0, 0.05) is 32.7 Å². The van der Waals surface area contributed by atoms with Gasteiger partial charge in [0.2, 0.25) is 18.2 Å². The highest BCUT2D eigenvalue weighted by Crippen LogP contribution is 2.31. The maximum atomic E-state index is 13.7. The van der Waals surface area contributed by atoms with Crippen molar-refractivity contribution < 1.29 is 19.6 Å². The van der Waals surface area contributed by atoms with Crippen molar-refractivity contribution in [3.05, 3.63) is 48.0 Å². The van der Waals surface area contributed by atoms with Gasteiger partial charge in [-0.2, -0.15) is 0 Å². The first-order valence-electron chi connectivity index (χ1n) is 14.3. The zero-order chi connectivity index (χ0) is 28.0. The van der Waals surface area contributed by atoms with Crippen molar-refractivity contribution in [1.29, 1.82) is 0 Å². The van der Waals surface area contributed by atoms with Crippen molar-refractivity contribution in [2.75, 3.05) is 32.7 Å². The first-order chi connectivity index (χ1) is 18.6. The molecule has 212 valence electrons. The number of carbonyl (C=O) groups is 3. The molecule has 8 heteroatoms. The zero-order valence-electron chi connectivity index (χ0n) is 23.6. The van der Waals surface area contributed by atoms with E-state index in [9.17, 15) is 19.6 Å². The Labute approximate surface area is 232 Å². The Morgan fingerprint density at radius 1 is 1.05 bits per heavy atom. The number of nitrogens with one attached hydrogen (secondary N) is 1. The minimum absolute atomic E-state index is 0.0651. The van der Waals surface area contributed by atoms with Gasteiger partial charge in [0.25, 0.3) is 0 Å². The standard InChI is InChI=1S/C31H44N4O4/c1-31(2,3)28(32-29(37)27(21-35(39)22-36)18-23-8-4-5-9-23)30(38)34-16-14-33(15-17-34)20-24-12-13-25-10-6-7-11-26(25)19-24/h6-7,10-13,19,22-23,27-28,39H,4-5,8-9,14-18,20-21H2,1-3H3,(H,32,37)/t27-,28-/m1/s1. The molecule has 1 aliphatic carbocycles. The van der Waals surface area contributed by atoms with Crippen molar-refractivity contribution in [3.63, 3.8) is 0 Å². The molecule has 39 heavy (non-hydrogen) atoms. The quantitative estimate of drug-likeness (QED) is 0.271. The maximum absolute atomic E-state index is 13.7. The Morgan fingerprint density at radius 3 is 2.36 bits per heavy atom. The number of hydroxylamine groups is 2. The summed E-state index contributed by atoms with van der Waals surface area (Å²) in [5.41, 5.74) is 0.769. The van der Waals surface area contributed by atoms with Gasteiger partial charge in [-0.25, -0.2) is 5.06 Å². The van der Waals surface area contributed by atoms with E-state index in [1.54, 1.807) is 0 Å². The number of benzene rings is 2. The molecular weight excluding hydrogens is 492 g/mol. The molecule has 1 saturated heterocycles. The van der Waals surface area contributed by atoms with Crippen molar-refractivity contribution >= 4 is 29.0 Å². The van der Waals surface area contributed by atoms with Crippen LogP contribution < -0.4 is 5.32 Å². The van der Waals surface area contributed by atoms with E-state index in [0.29, 0.717) is 36.9 Å². The second-order valence-corrected chi connectivity index (χ2v) is 12.4. The van der Waals surface area contributed by atoms with Crippen molar-refractivity contribution in [3.8, 4) is 0 Å². The topological polar surface area (TPSA) is 93.2 Å². The molecule has 3 amide bonds. The molecule has 2 aromatic carbocycles. The fourth-order valence-electron chi connectivity index (χ4n) is 5.99. The Bertz CT molecular complexity index is 1130. The van der Waals surface area contributed by atoms with Crippen LogP contribution in [0.25, 0.3) is 10.8 Å². The lowest BCUT2D eigenvalue weighted by molar-refractivity contribution is -0.156. The molecule has 2 atom stereocenters. The average Bonchev–Trinajstić information content (AvgIpc) is 3.43. The van der Waals surface area contributed by atoms with Crippen LogP contribution in [-0.2, 0) is 20.9 Å². The van der Waals surface area contributed by atoms with Crippen LogP contribution >= 0.6 is 0 Å². The van der Waals surface area contributed by atoms with E-state index in [0.717, 1.165) is 45.3 Å². The number of piperazine rings is 1. The van der Waals surface area contributed by atoms with Crippen molar-refractivity contribution in [2.45, 2.75) is 65.5 Å². The minimum Gasteiger partial charge on any atom is -0.344 e. The molecule has 0 spiro atoms. The van der Waals surface area contributed by atoms with E-state index in [-0.39, 0.29) is 18.4 Å². The lowest BCUT2D eigenvalue weighted by atomic mass is 9.84. The van der Waals surface area contributed by atoms with Gasteiger partial charge in [-0.1, -0.05) is 82.9 Å². The first kappa shape index (κ1) is 29.0. The normalized spacial score (nSPS) is 18.6. The molecule has 0 unspecified atom stereocenters. The Balaban J connectivity index is 1.36. The van der Waals surface area contributed by atoms with E-state index < -0.39 is 17.4 Å². The minimum atomic E-state index is -0.688. The number of rotatable bonds is 10. The summed E-state index contributed by atoms with van der Waals surface area (Å²) in [6.45, 7) is 9.41. The third-order valence-corrected chi connectivity index (χ3v) is 8.30. The molecule has 1 saturated carbocycles. The fraction of sp³-hybridized carbons (Fsp3) is 0.581. The molecule has 4 rings (SSSR count). The molecule has 0 aromatic heterocycles. The number of fused-ring (bicyclic) bond motifs is 1. The summed E-state index contributed by atoms with van der Waals surface area (Å²) in [5, 5.41) is 15.9. The highest BCUT2D eigenvalue weighted by Gasteiger charge is 2.38. The van der Waals surface area contributed by atoms with E-state index in [4.69, 9.17) is 0 Å². The van der Waals surface area contributed by atoms with Crippen LogP contribution in [-0.4, -0.2) is 77.1 Å². The van der Waals surface area contributed by atoms with Gasteiger partial charge in [-0.05, 0) is 40.2 Å². The molecule has 1 aliphatic heterocycles. The molecule has 0 bridgehead atoms. The van der Waals surface area contributed by atoms with Gasteiger partial charge in [-0.15, -0.1) is 0 Å². The van der Waals surface area contributed by atoms with Crippen LogP contribution in [0.4, 0.5) is 0 Å². The third kappa shape index (κ3) is 7.79. The van der Waals surface area contributed by atoms with Gasteiger partial charge >= 0.3 is 0 Å². The summed E-state index contributed by atoms with van der Waals surface area (Å²) in [6.07, 6.45) is 5.34. The lowest BCUT2D eigenvalue weighted by Crippen LogP contribution is -2.59. The Hall–Kier alpha value is -2.97. The Kier molecular flexibility index (Phi) is 9.62. The fourth-order valence-corrected chi connectivity index (χ4v) is 5.99. The van der Waals surface area contributed by atoms with Crippen LogP contribution in [0.3, 0.4) is 0 Å². The maximum Gasteiger partial charge on any atom is 0.245 e. The predicted molar refractivity (Wildman–Crippen MR) is 152 cm³/mol. The molecular formula is C31H44N4O4. The largest absolute Gasteiger partial charge is 0.344 e. The molecule has 1 heterocycles.